The molecule has 2 aromatic carbocycles. The number of ether oxygens (including phenoxy) is 1. The lowest BCUT2D eigenvalue weighted by Gasteiger charge is -2.10. The number of benzene rings is 2. The first-order chi connectivity index (χ1) is 13.3. The molecule has 0 N–H and O–H groups in total. The highest BCUT2D eigenvalue weighted by Crippen LogP contribution is 2.29. The van der Waals surface area contributed by atoms with Crippen molar-refractivity contribution in [3.05, 3.63) is 90.0 Å². The van der Waals surface area contributed by atoms with Gasteiger partial charge in [-0.05, 0) is 43.4 Å². The van der Waals surface area contributed by atoms with Gasteiger partial charge in [0.05, 0.1) is 5.56 Å². The summed E-state index contributed by atoms with van der Waals surface area (Å²) in [7, 11) is 1.99. The van der Waals surface area contributed by atoms with Crippen LogP contribution < -0.4 is 4.74 Å². The van der Waals surface area contributed by atoms with Crippen molar-refractivity contribution in [2.75, 3.05) is 26.7 Å². The Hall–Kier alpha value is -2.86. The zero-order valence-electron chi connectivity index (χ0n) is 15.6. The molecule has 0 radical (unpaired) electrons. The first-order valence-corrected chi connectivity index (χ1v) is 8.70. The van der Waals surface area contributed by atoms with Crippen LogP contribution in [0.15, 0.2) is 73.3 Å². The second-order valence-electron chi connectivity index (χ2n) is 6.22. The Balaban J connectivity index is 1.90. The van der Waals surface area contributed by atoms with Gasteiger partial charge in [0.25, 0.3) is 0 Å². The van der Waals surface area contributed by atoms with Crippen molar-refractivity contribution in [1.82, 2.24) is 4.90 Å². The molecule has 0 amide bonds. The summed E-state index contributed by atoms with van der Waals surface area (Å²) in [6.07, 6.45) is 1.31. The average molecular weight is 389 g/mol. The number of hydrogen-bond donors (Lipinski definition) is 0. The highest BCUT2D eigenvalue weighted by Gasteiger charge is 2.30. The van der Waals surface area contributed by atoms with E-state index in [1.807, 2.05) is 25.3 Å². The van der Waals surface area contributed by atoms with E-state index in [0.29, 0.717) is 17.9 Å². The zero-order valence-corrected chi connectivity index (χ0v) is 15.6. The molecule has 0 heterocycles. The quantitative estimate of drug-likeness (QED) is 0.447. The van der Waals surface area contributed by atoms with Crippen LogP contribution in [0.1, 0.15) is 21.5 Å². The molecule has 0 aromatic heterocycles. The van der Waals surface area contributed by atoms with Crippen molar-refractivity contribution in [2.45, 2.75) is 6.18 Å². The Morgan fingerprint density at radius 3 is 2.11 bits per heavy atom. The lowest BCUT2D eigenvalue weighted by molar-refractivity contribution is -0.137. The number of hydrogen-bond acceptors (Lipinski definition) is 3. The first kappa shape index (κ1) is 21.4. The molecule has 6 heteroatoms. The highest BCUT2D eigenvalue weighted by atomic mass is 19.4. The van der Waals surface area contributed by atoms with E-state index in [1.54, 1.807) is 24.3 Å². The van der Waals surface area contributed by atoms with Gasteiger partial charge in [-0.15, -0.1) is 6.58 Å². The van der Waals surface area contributed by atoms with E-state index < -0.39 is 11.7 Å². The fraction of sp³-hybridized carbons (Fsp3) is 0.227. The second kappa shape index (κ2) is 9.90. The van der Waals surface area contributed by atoms with Crippen LogP contribution in [0.3, 0.4) is 0 Å². The molecule has 0 saturated heterocycles. The Morgan fingerprint density at radius 1 is 1.00 bits per heavy atom. The molecule has 2 aromatic rings. The fourth-order valence-electron chi connectivity index (χ4n) is 2.44. The van der Waals surface area contributed by atoms with Gasteiger partial charge in [0.2, 0.25) is 0 Å². The molecule has 0 aliphatic rings. The summed E-state index contributed by atoms with van der Waals surface area (Å²) in [4.78, 5) is 14.5. The van der Waals surface area contributed by atoms with Crippen LogP contribution in [-0.4, -0.2) is 37.4 Å². The fourth-order valence-corrected chi connectivity index (χ4v) is 2.44. The molecular weight excluding hydrogens is 367 g/mol. The third-order valence-corrected chi connectivity index (χ3v) is 3.96. The maximum absolute atomic E-state index is 12.6. The number of carbonyl (C=O) groups excluding carboxylic acids is 1. The van der Waals surface area contributed by atoms with Crippen LogP contribution in [-0.2, 0) is 6.18 Å². The predicted molar refractivity (Wildman–Crippen MR) is 104 cm³/mol. The van der Waals surface area contributed by atoms with E-state index in [1.165, 1.54) is 12.1 Å². The van der Waals surface area contributed by atoms with Gasteiger partial charge in [-0.1, -0.05) is 30.4 Å². The maximum atomic E-state index is 12.6. The van der Waals surface area contributed by atoms with Crippen molar-refractivity contribution in [3.8, 4) is 5.75 Å². The Labute approximate surface area is 162 Å². The third kappa shape index (κ3) is 6.39. The van der Waals surface area contributed by atoms with Gasteiger partial charge in [-0.2, -0.15) is 13.2 Å². The third-order valence-electron chi connectivity index (χ3n) is 3.96. The predicted octanol–water partition coefficient (Wildman–Crippen LogP) is 4.99. The van der Waals surface area contributed by atoms with Crippen LogP contribution in [0.25, 0.3) is 0 Å². The van der Waals surface area contributed by atoms with Gasteiger partial charge >= 0.3 is 6.18 Å². The Morgan fingerprint density at radius 2 is 1.57 bits per heavy atom. The van der Waals surface area contributed by atoms with Crippen molar-refractivity contribution >= 4 is 5.78 Å². The number of rotatable bonds is 9. The molecule has 0 atom stereocenters. The van der Waals surface area contributed by atoms with Crippen molar-refractivity contribution in [1.29, 1.82) is 0 Å². The van der Waals surface area contributed by atoms with Crippen LogP contribution >= 0.6 is 0 Å². The number of alkyl halides is 3. The lowest BCUT2D eigenvalue weighted by Crippen LogP contribution is -2.17. The van der Waals surface area contributed by atoms with Crippen LogP contribution in [0, 0.1) is 0 Å². The summed E-state index contributed by atoms with van der Waals surface area (Å²) in [5.74, 6) is 0.262. The minimum absolute atomic E-state index is 0.202. The topological polar surface area (TPSA) is 29.5 Å². The Kier molecular flexibility index (Phi) is 7.58. The molecule has 28 heavy (non-hydrogen) atoms. The number of likely N-dealkylation sites (N-methyl/N-ethyl adjacent to an activating group) is 1. The molecule has 0 spiro atoms. The zero-order chi connectivity index (χ0) is 20.6. The summed E-state index contributed by atoms with van der Waals surface area (Å²) < 4.78 is 43.4. The monoisotopic (exact) mass is 389 g/mol. The van der Waals surface area contributed by atoms with Gasteiger partial charge in [0, 0.05) is 24.2 Å². The minimum atomic E-state index is -4.42. The standard InChI is InChI=1S/C22H22F3NO2/c1-3-14-26(2)15-4-5-16-28-20-12-8-18(9-13-20)21(27)17-6-10-19(11-7-17)22(23,24)25/h3-13H,1,14-16H2,2H3. The number of halogens is 3. The smallest absolute Gasteiger partial charge is 0.416 e. The largest absolute Gasteiger partial charge is 0.490 e. The van der Waals surface area contributed by atoms with Crippen LogP contribution in [0.5, 0.6) is 5.75 Å². The van der Waals surface area contributed by atoms with Gasteiger partial charge in [0.15, 0.2) is 5.78 Å². The van der Waals surface area contributed by atoms with Gasteiger partial charge in [-0.3, -0.25) is 9.69 Å². The summed E-state index contributed by atoms with van der Waals surface area (Å²) in [5.41, 5.74) is -0.196. The van der Waals surface area contributed by atoms with Crippen molar-refractivity contribution in [3.63, 3.8) is 0 Å². The van der Waals surface area contributed by atoms with Gasteiger partial charge in [0.1, 0.15) is 12.4 Å². The molecule has 0 saturated carbocycles. The summed E-state index contributed by atoms with van der Waals surface area (Å²) in [5, 5.41) is 0. The summed E-state index contributed by atoms with van der Waals surface area (Å²) in [6, 6.07) is 10.7. The van der Waals surface area contributed by atoms with Gasteiger partial charge < -0.3 is 4.74 Å². The minimum Gasteiger partial charge on any atom is -0.490 e. The summed E-state index contributed by atoms with van der Waals surface area (Å²) >= 11 is 0. The maximum Gasteiger partial charge on any atom is 0.416 e. The summed E-state index contributed by atoms with van der Waals surface area (Å²) in [6.45, 7) is 5.67. The number of ketones is 1. The molecule has 0 aliphatic carbocycles. The van der Waals surface area contributed by atoms with E-state index in [-0.39, 0.29) is 11.3 Å². The molecule has 2 rings (SSSR count). The van der Waals surface area contributed by atoms with E-state index in [9.17, 15) is 18.0 Å². The molecular formula is C22H22F3NO2. The molecule has 148 valence electrons. The van der Waals surface area contributed by atoms with Crippen LogP contribution in [0.4, 0.5) is 13.2 Å². The average Bonchev–Trinajstić information content (AvgIpc) is 2.67. The second-order valence-corrected chi connectivity index (χ2v) is 6.22. The molecule has 0 bridgehead atoms. The SMILES string of the molecule is C=CCN(C)CC=CCOc1ccc(C(=O)c2ccc(C(F)(F)F)cc2)cc1. The highest BCUT2D eigenvalue weighted by molar-refractivity contribution is 6.09. The molecule has 0 unspecified atom stereocenters. The molecule has 3 nitrogen and oxygen atoms in total. The lowest BCUT2D eigenvalue weighted by atomic mass is 10.0. The first-order valence-electron chi connectivity index (χ1n) is 8.70. The Bertz CT molecular complexity index is 809. The van der Waals surface area contributed by atoms with Crippen molar-refractivity contribution < 1.29 is 22.7 Å². The normalized spacial score (nSPS) is 11.8. The van der Waals surface area contributed by atoms with Crippen molar-refractivity contribution in [2.24, 2.45) is 0 Å². The molecule has 0 aliphatic heterocycles. The number of carbonyl (C=O) groups is 1. The molecule has 0 fully saturated rings. The van der Waals surface area contributed by atoms with E-state index in [0.717, 1.165) is 25.2 Å². The van der Waals surface area contributed by atoms with E-state index in [4.69, 9.17) is 4.74 Å². The van der Waals surface area contributed by atoms with Gasteiger partial charge in [-0.25, -0.2) is 0 Å². The number of nitrogens with zero attached hydrogens (tertiary/aromatic N) is 1. The van der Waals surface area contributed by atoms with E-state index in [2.05, 4.69) is 11.5 Å². The van der Waals surface area contributed by atoms with Crippen LogP contribution in [0.2, 0.25) is 0 Å². The van der Waals surface area contributed by atoms with E-state index >= 15 is 0 Å².